The number of anilines is 1. The van der Waals surface area contributed by atoms with E-state index in [0.717, 1.165) is 10.5 Å². The van der Waals surface area contributed by atoms with E-state index < -0.39 is 17.8 Å². The second kappa shape index (κ2) is 10.3. The van der Waals surface area contributed by atoms with Crippen LogP contribution in [0, 0.1) is 6.92 Å². The summed E-state index contributed by atoms with van der Waals surface area (Å²) in [4.78, 5) is 52.0. The van der Waals surface area contributed by atoms with E-state index in [-0.39, 0.29) is 22.6 Å². The number of aryl methyl sites for hydroxylation is 1. The average Bonchev–Trinajstić information content (AvgIpc) is 3.52. The largest absolute Gasteiger partial charge is 0.465 e. The van der Waals surface area contributed by atoms with Crippen molar-refractivity contribution in [3.63, 3.8) is 0 Å². The molecule has 8 nitrogen and oxygen atoms in total. The number of fused-ring (bicyclic) bond motifs is 1. The number of methoxy groups -OCH3 is 1. The molecule has 0 spiro atoms. The summed E-state index contributed by atoms with van der Waals surface area (Å²) in [7, 11) is 1.28. The third kappa shape index (κ3) is 4.64. The first-order valence-corrected chi connectivity index (χ1v) is 13.1. The van der Waals surface area contributed by atoms with Crippen molar-refractivity contribution in [1.82, 2.24) is 0 Å². The van der Waals surface area contributed by atoms with Crippen LogP contribution in [0.5, 0.6) is 5.75 Å². The van der Waals surface area contributed by atoms with Gasteiger partial charge in [0.2, 0.25) is 0 Å². The van der Waals surface area contributed by atoms with E-state index >= 15 is 0 Å². The van der Waals surface area contributed by atoms with Gasteiger partial charge in [-0.15, -0.1) is 0 Å². The summed E-state index contributed by atoms with van der Waals surface area (Å²) in [6, 6.07) is 18.4. The molecule has 2 heterocycles. The fraction of sp³-hybridized carbons (Fsp3) is 0.107. The van der Waals surface area contributed by atoms with Crippen molar-refractivity contribution in [1.29, 1.82) is 0 Å². The van der Waals surface area contributed by atoms with Crippen molar-refractivity contribution in [2.45, 2.75) is 23.6 Å². The maximum atomic E-state index is 13.4. The van der Waals surface area contributed by atoms with E-state index in [2.05, 4.69) is 9.84 Å². The molecule has 5 rings (SSSR count). The molecule has 0 unspecified atom stereocenters. The average molecular weight is 545 g/mol. The third-order valence-electron chi connectivity index (χ3n) is 5.79. The second-order valence-electron chi connectivity index (χ2n) is 8.32. The van der Waals surface area contributed by atoms with Gasteiger partial charge in [0.15, 0.2) is 5.78 Å². The minimum absolute atomic E-state index is 0.0866. The van der Waals surface area contributed by atoms with Gasteiger partial charge in [-0.2, -0.15) is 10.1 Å². The van der Waals surface area contributed by atoms with Crippen LogP contribution in [0.1, 0.15) is 33.2 Å². The topological polar surface area (TPSA) is 102 Å². The smallest absolute Gasteiger partial charge is 0.343 e. The molecule has 10 heteroatoms. The Labute approximate surface area is 226 Å². The van der Waals surface area contributed by atoms with Crippen LogP contribution >= 0.6 is 23.5 Å². The summed E-state index contributed by atoms with van der Waals surface area (Å²) >= 11 is 2.61. The highest BCUT2D eigenvalue weighted by Gasteiger charge is 2.39. The Hall–Kier alpha value is -4.15. The number of hydrogen-bond acceptors (Lipinski definition) is 9. The van der Waals surface area contributed by atoms with E-state index in [1.807, 2.05) is 19.1 Å². The molecule has 2 aliphatic heterocycles. The SMILES string of the molecule is COC(=O)c1ccc(C(=O)Oc2ccc(C)c3c2S/C(=C2\C(=O)N(c4ccccc4)N=C2C(C)=O)S3)cc1. The number of carbonyl (C=O) groups excluding carboxylic acids is 4. The van der Waals surface area contributed by atoms with Gasteiger partial charge in [0.1, 0.15) is 11.5 Å². The molecule has 3 aromatic rings. The van der Waals surface area contributed by atoms with Crippen LogP contribution in [-0.2, 0) is 14.3 Å². The van der Waals surface area contributed by atoms with Crippen LogP contribution in [0.15, 0.2) is 91.4 Å². The Morgan fingerprint density at radius 3 is 2.11 bits per heavy atom. The lowest BCUT2D eigenvalue weighted by Crippen LogP contribution is -2.22. The lowest BCUT2D eigenvalue weighted by Gasteiger charge is -2.11. The van der Waals surface area contributed by atoms with Crippen molar-refractivity contribution < 1.29 is 28.7 Å². The number of thioether (sulfide) groups is 2. The number of para-hydroxylation sites is 1. The summed E-state index contributed by atoms with van der Waals surface area (Å²) in [5.74, 6) is -1.50. The molecule has 0 aliphatic carbocycles. The molecule has 3 aromatic carbocycles. The molecular formula is C28H20N2O6S2. The third-order valence-corrected chi connectivity index (χ3v) is 8.54. The lowest BCUT2D eigenvalue weighted by molar-refractivity contribution is -0.115. The molecule has 0 atom stereocenters. The van der Waals surface area contributed by atoms with E-state index in [1.54, 1.807) is 30.3 Å². The first kappa shape index (κ1) is 25.5. The first-order chi connectivity index (χ1) is 18.3. The second-order valence-corrected chi connectivity index (χ2v) is 10.6. The number of Topliss-reactive ketones (excluding diaryl/α,β-unsaturated/α-hetero) is 1. The molecule has 0 fully saturated rings. The number of ether oxygens (including phenoxy) is 2. The van der Waals surface area contributed by atoms with Crippen LogP contribution in [0.3, 0.4) is 0 Å². The maximum absolute atomic E-state index is 13.4. The Kier molecular flexibility index (Phi) is 6.92. The van der Waals surface area contributed by atoms with Crippen LogP contribution in [0.25, 0.3) is 0 Å². The molecule has 190 valence electrons. The minimum atomic E-state index is -0.600. The highest BCUT2D eigenvalue weighted by molar-refractivity contribution is 8.24. The number of ketones is 1. The number of esters is 2. The zero-order valence-electron chi connectivity index (χ0n) is 20.5. The van der Waals surface area contributed by atoms with Crippen LogP contribution in [0.2, 0.25) is 0 Å². The standard InChI is InChI=1S/C28H20N2O6S2/c1-15-9-14-20(36-27(34)18-12-10-17(11-13-18)26(33)35-3)24-23(15)37-28(38-24)21-22(16(2)31)29-30(25(21)32)19-7-5-4-6-8-19/h4-14H,1-3H3/b28-21-. The number of carbonyl (C=O) groups is 4. The quantitative estimate of drug-likeness (QED) is 0.239. The normalized spacial score (nSPS) is 16.2. The van der Waals surface area contributed by atoms with E-state index in [4.69, 9.17) is 4.74 Å². The summed E-state index contributed by atoms with van der Waals surface area (Å²) < 4.78 is 11.0. The number of nitrogens with zero attached hydrogens (tertiary/aromatic N) is 2. The number of rotatable bonds is 5. The molecule has 0 bridgehead atoms. The monoisotopic (exact) mass is 544 g/mol. The van der Waals surface area contributed by atoms with Crippen LogP contribution in [0.4, 0.5) is 5.69 Å². The molecule has 0 N–H and O–H groups in total. The molecule has 0 saturated carbocycles. The molecule has 1 amide bonds. The number of amides is 1. The van der Waals surface area contributed by atoms with E-state index in [0.29, 0.717) is 26.1 Å². The maximum Gasteiger partial charge on any atom is 0.343 e. The lowest BCUT2D eigenvalue weighted by atomic mass is 10.1. The summed E-state index contributed by atoms with van der Waals surface area (Å²) in [5.41, 5.74) is 2.38. The Bertz CT molecular complexity index is 1560. The van der Waals surface area contributed by atoms with Gasteiger partial charge in [-0.25, -0.2) is 9.59 Å². The van der Waals surface area contributed by atoms with Crippen molar-refractivity contribution in [2.75, 3.05) is 12.1 Å². The number of hydrogen-bond donors (Lipinski definition) is 0. The highest BCUT2D eigenvalue weighted by atomic mass is 32.2. The molecular weight excluding hydrogens is 524 g/mol. The van der Waals surface area contributed by atoms with Crippen molar-refractivity contribution in [2.24, 2.45) is 5.10 Å². The fourth-order valence-electron chi connectivity index (χ4n) is 3.85. The molecule has 2 aliphatic rings. The van der Waals surface area contributed by atoms with Crippen molar-refractivity contribution in [3.05, 3.63) is 93.2 Å². The first-order valence-electron chi connectivity index (χ1n) is 11.4. The molecule has 0 radical (unpaired) electrons. The molecule has 0 saturated heterocycles. The van der Waals surface area contributed by atoms with E-state index in [9.17, 15) is 19.2 Å². The zero-order valence-corrected chi connectivity index (χ0v) is 22.1. The minimum Gasteiger partial charge on any atom is -0.465 e. The number of benzene rings is 3. The molecule has 38 heavy (non-hydrogen) atoms. The summed E-state index contributed by atoms with van der Waals surface area (Å²) in [6.45, 7) is 3.30. The Balaban J connectivity index is 1.46. The highest BCUT2D eigenvalue weighted by Crippen LogP contribution is 2.57. The van der Waals surface area contributed by atoms with Gasteiger partial charge in [-0.3, -0.25) is 9.59 Å². The van der Waals surface area contributed by atoms with Gasteiger partial charge in [0.05, 0.1) is 38.6 Å². The van der Waals surface area contributed by atoms with Crippen LogP contribution < -0.4 is 9.75 Å². The van der Waals surface area contributed by atoms with E-state index in [1.165, 1.54) is 66.8 Å². The van der Waals surface area contributed by atoms with Gasteiger partial charge in [-0.1, -0.05) is 47.8 Å². The van der Waals surface area contributed by atoms with Crippen LogP contribution in [-0.4, -0.2) is 36.5 Å². The zero-order chi connectivity index (χ0) is 27.0. The Morgan fingerprint density at radius 1 is 0.842 bits per heavy atom. The van der Waals surface area contributed by atoms with Crippen molar-refractivity contribution in [3.8, 4) is 5.75 Å². The van der Waals surface area contributed by atoms with Gasteiger partial charge in [0.25, 0.3) is 5.91 Å². The van der Waals surface area contributed by atoms with Gasteiger partial charge < -0.3 is 9.47 Å². The Morgan fingerprint density at radius 2 is 1.47 bits per heavy atom. The predicted octanol–water partition coefficient (Wildman–Crippen LogP) is 5.40. The van der Waals surface area contributed by atoms with Gasteiger partial charge in [-0.05, 0) is 55.0 Å². The molecule has 0 aromatic heterocycles. The van der Waals surface area contributed by atoms with Crippen molar-refractivity contribution >= 4 is 58.6 Å². The fourth-order valence-corrected chi connectivity index (χ4v) is 6.60. The van der Waals surface area contributed by atoms with Gasteiger partial charge >= 0.3 is 11.9 Å². The number of hydrazone groups is 1. The van der Waals surface area contributed by atoms with Gasteiger partial charge in [0, 0.05) is 11.8 Å². The summed E-state index contributed by atoms with van der Waals surface area (Å²) in [5, 5.41) is 5.57. The predicted molar refractivity (Wildman–Crippen MR) is 145 cm³/mol. The summed E-state index contributed by atoms with van der Waals surface area (Å²) in [6.07, 6.45) is 0.